The molecular weight excluding hydrogens is 306 g/mol. The second-order valence-electron chi connectivity index (χ2n) is 6.39. The maximum absolute atomic E-state index is 11.7. The normalized spacial score (nSPS) is 10.9. The SMILES string of the molecule is COc1ccc(C)cc1Nc1ccc(NC(=O)OC(C)(C)C)nc1. The van der Waals surface area contributed by atoms with E-state index in [0.29, 0.717) is 5.82 Å². The summed E-state index contributed by atoms with van der Waals surface area (Å²) in [5, 5.41) is 5.85. The van der Waals surface area contributed by atoms with Gasteiger partial charge in [-0.15, -0.1) is 0 Å². The Hall–Kier alpha value is -2.76. The molecule has 0 radical (unpaired) electrons. The smallest absolute Gasteiger partial charge is 0.413 e. The fourth-order valence-electron chi connectivity index (χ4n) is 2.02. The van der Waals surface area contributed by atoms with E-state index in [1.54, 1.807) is 19.4 Å². The molecule has 24 heavy (non-hydrogen) atoms. The van der Waals surface area contributed by atoms with Crippen LogP contribution < -0.4 is 15.4 Å². The van der Waals surface area contributed by atoms with Crippen LogP contribution in [0.25, 0.3) is 0 Å². The molecule has 0 saturated heterocycles. The third kappa shape index (κ3) is 5.15. The highest BCUT2D eigenvalue weighted by molar-refractivity contribution is 5.83. The number of ether oxygens (including phenoxy) is 2. The first-order valence-corrected chi connectivity index (χ1v) is 7.64. The van der Waals surface area contributed by atoms with E-state index < -0.39 is 11.7 Å². The van der Waals surface area contributed by atoms with Gasteiger partial charge >= 0.3 is 6.09 Å². The van der Waals surface area contributed by atoms with Crippen LogP contribution in [0.15, 0.2) is 36.5 Å². The van der Waals surface area contributed by atoms with Crippen molar-refractivity contribution in [1.29, 1.82) is 0 Å². The summed E-state index contributed by atoms with van der Waals surface area (Å²) in [5.74, 6) is 1.17. The topological polar surface area (TPSA) is 72.5 Å². The van der Waals surface area contributed by atoms with E-state index in [0.717, 1.165) is 22.7 Å². The van der Waals surface area contributed by atoms with Crippen LogP contribution in [0.3, 0.4) is 0 Å². The van der Waals surface area contributed by atoms with E-state index >= 15 is 0 Å². The second kappa shape index (κ2) is 7.21. The summed E-state index contributed by atoms with van der Waals surface area (Å²) < 4.78 is 10.5. The number of hydrogen-bond acceptors (Lipinski definition) is 5. The molecule has 0 saturated carbocycles. The van der Waals surface area contributed by atoms with Gasteiger partial charge in [0, 0.05) is 0 Å². The predicted molar refractivity (Wildman–Crippen MR) is 95.1 cm³/mol. The summed E-state index contributed by atoms with van der Waals surface area (Å²) in [5.41, 5.74) is 2.21. The summed E-state index contributed by atoms with van der Waals surface area (Å²) in [4.78, 5) is 15.9. The Balaban J connectivity index is 2.05. The molecule has 0 spiro atoms. The number of methoxy groups -OCH3 is 1. The largest absolute Gasteiger partial charge is 0.495 e. The molecule has 2 aromatic rings. The summed E-state index contributed by atoms with van der Waals surface area (Å²) >= 11 is 0. The van der Waals surface area contributed by atoms with E-state index in [1.165, 1.54) is 0 Å². The van der Waals surface area contributed by atoms with Gasteiger partial charge in [0.2, 0.25) is 0 Å². The number of amides is 1. The summed E-state index contributed by atoms with van der Waals surface area (Å²) in [6.45, 7) is 7.43. The van der Waals surface area contributed by atoms with Crippen molar-refractivity contribution in [2.75, 3.05) is 17.7 Å². The molecule has 1 aromatic carbocycles. The van der Waals surface area contributed by atoms with Crippen LogP contribution in [0.2, 0.25) is 0 Å². The monoisotopic (exact) mass is 329 g/mol. The fourth-order valence-corrected chi connectivity index (χ4v) is 2.02. The van der Waals surface area contributed by atoms with Crippen LogP contribution in [0.4, 0.5) is 22.0 Å². The number of pyridine rings is 1. The number of carbonyl (C=O) groups excluding carboxylic acids is 1. The van der Waals surface area contributed by atoms with Crippen LogP contribution in [0.1, 0.15) is 26.3 Å². The van der Waals surface area contributed by atoms with Crippen molar-refractivity contribution in [2.24, 2.45) is 0 Å². The van der Waals surface area contributed by atoms with E-state index in [-0.39, 0.29) is 0 Å². The zero-order valence-electron chi connectivity index (χ0n) is 14.6. The zero-order valence-corrected chi connectivity index (χ0v) is 14.6. The van der Waals surface area contributed by atoms with Crippen molar-refractivity contribution in [3.05, 3.63) is 42.1 Å². The molecule has 0 aliphatic carbocycles. The van der Waals surface area contributed by atoms with Crippen LogP contribution in [-0.2, 0) is 4.74 Å². The van der Waals surface area contributed by atoms with Gasteiger partial charge in [-0.05, 0) is 57.5 Å². The van der Waals surface area contributed by atoms with Crippen molar-refractivity contribution >= 4 is 23.3 Å². The van der Waals surface area contributed by atoms with Crippen LogP contribution in [-0.4, -0.2) is 23.8 Å². The van der Waals surface area contributed by atoms with E-state index in [4.69, 9.17) is 9.47 Å². The molecule has 1 aromatic heterocycles. The Morgan fingerprint density at radius 3 is 2.50 bits per heavy atom. The first-order valence-electron chi connectivity index (χ1n) is 7.64. The number of benzene rings is 1. The Bertz CT molecular complexity index is 706. The Kier molecular flexibility index (Phi) is 5.28. The molecule has 1 heterocycles. The van der Waals surface area contributed by atoms with Crippen LogP contribution in [0, 0.1) is 6.92 Å². The van der Waals surface area contributed by atoms with Gasteiger partial charge in [-0.25, -0.2) is 9.78 Å². The molecule has 6 heteroatoms. The molecule has 0 aliphatic rings. The number of nitrogens with one attached hydrogen (secondary N) is 2. The standard InChI is InChI=1S/C18H23N3O3/c1-12-6-8-15(23-5)14(10-12)20-13-7-9-16(19-11-13)21-17(22)24-18(2,3)4/h6-11,20H,1-5H3,(H,19,21,22). The predicted octanol–water partition coefficient (Wildman–Crippen LogP) is 4.49. The highest BCUT2D eigenvalue weighted by Gasteiger charge is 2.16. The first kappa shape index (κ1) is 17.6. The molecule has 2 rings (SSSR count). The highest BCUT2D eigenvalue weighted by Crippen LogP contribution is 2.28. The van der Waals surface area contributed by atoms with Gasteiger partial charge in [0.1, 0.15) is 17.2 Å². The maximum atomic E-state index is 11.7. The van der Waals surface area contributed by atoms with E-state index in [1.807, 2.05) is 52.0 Å². The Labute approximate surface area is 142 Å². The van der Waals surface area contributed by atoms with Gasteiger partial charge < -0.3 is 14.8 Å². The molecule has 0 atom stereocenters. The van der Waals surface area contributed by atoms with Gasteiger partial charge in [0.05, 0.1) is 24.7 Å². The minimum atomic E-state index is -0.548. The zero-order chi connectivity index (χ0) is 17.7. The maximum Gasteiger partial charge on any atom is 0.413 e. The molecular formula is C18H23N3O3. The van der Waals surface area contributed by atoms with Crippen molar-refractivity contribution < 1.29 is 14.3 Å². The lowest BCUT2D eigenvalue weighted by Gasteiger charge is -2.19. The van der Waals surface area contributed by atoms with Gasteiger partial charge in [-0.2, -0.15) is 0 Å². The number of aromatic nitrogens is 1. The Morgan fingerprint density at radius 2 is 1.92 bits per heavy atom. The van der Waals surface area contributed by atoms with Crippen molar-refractivity contribution in [1.82, 2.24) is 4.98 Å². The first-order chi connectivity index (χ1) is 11.3. The summed E-state index contributed by atoms with van der Waals surface area (Å²) in [7, 11) is 1.63. The average Bonchev–Trinajstić information content (AvgIpc) is 2.47. The number of nitrogens with zero attached hydrogens (tertiary/aromatic N) is 1. The molecule has 0 unspecified atom stereocenters. The average molecular weight is 329 g/mol. The van der Waals surface area contributed by atoms with Gasteiger partial charge in [-0.3, -0.25) is 5.32 Å². The third-order valence-electron chi connectivity index (χ3n) is 3.03. The van der Waals surface area contributed by atoms with Crippen LogP contribution in [0.5, 0.6) is 5.75 Å². The van der Waals surface area contributed by atoms with Crippen molar-refractivity contribution in [3.63, 3.8) is 0 Å². The molecule has 6 nitrogen and oxygen atoms in total. The van der Waals surface area contributed by atoms with Gasteiger partial charge in [0.15, 0.2) is 0 Å². The molecule has 2 N–H and O–H groups in total. The third-order valence-corrected chi connectivity index (χ3v) is 3.03. The quantitative estimate of drug-likeness (QED) is 0.864. The number of anilines is 3. The molecule has 1 amide bonds. The number of rotatable bonds is 4. The lowest BCUT2D eigenvalue weighted by atomic mass is 10.2. The fraction of sp³-hybridized carbons (Fsp3) is 0.333. The van der Waals surface area contributed by atoms with E-state index in [9.17, 15) is 4.79 Å². The second-order valence-corrected chi connectivity index (χ2v) is 6.39. The lowest BCUT2D eigenvalue weighted by molar-refractivity contribution is 0.0635. The number of hydrogen-bond donors (Lipinski definition) is 2. The summed E-state index contributed by atoms with van der Waals surface area (Å²) in [6.07, 6.45) is 1.10. The highest BCUT2D eigenvalue weighted by atomic mass is 16.6. The number of aryl methyl sites for hydroxylation is 1. The van der Waals surface area contributed by atoms with E-state index in [2.05, 4.69) is 15.6 Å². The Morgan fingerprint density at radius 1 is 1.17 bits per heavy atom. The van der Waals surface area contributed by atoms with Crippen LogP contribution >= 0.6 is 0 Å². The molecule has 0 fully saturated rings. The molecule has 0 aliphatic heterocycles. The summed E-state index contributed by atoms with van der Waals surface area (Å²) in [6, 6.07) is 9.40. The minimum Gasteiger partial charge on any atom is -0.495 e. The minimum absolute atomic E-state index is 0.422. The van der Waals surface area contributed by atoms with Gasteiger partial charge in [0.25, 0.3) is 0 Å². The molecule has 128 valence electrons. The number of carbonyl (C=O) groups is 1. The van der Waals surface area contributed by atoms with Crippen molar-refractivity contribution in [2.45, 2.75) is 33.3 Å². The lowest BCUT2D eigenvalue weighted by Crippen LogP contribution is -2.27. The van der Waals surface area contributed by atoms with Gasteiger partial charge in [-0.1, -0.05) is 6.07 Å². The molecule has 0 bridgehead atoms. The van der Waals surface area contributed by atoms with Crippen molar-refractivity contribution in [3.8, 4) is 5.75 Å².